The fourth-order valence-corrected chi connectivity index (χ4v) is 1.68. The van der Waals surface area contributed by atoms with Gasteiger partial charge in [0.25, 0.3) is 0 Å². The van der Waals surface area contributed by atoms with Crippen LogP contribution in [-0.2, 0) is 21.8 Å². The molecule has 2 rings (SSSR count). The molecule has 1 aromatic heterocycles. The van der Waals surface area contributed by atoms with Crippen molar-refractivity contribution in [2.75, 3.05) is 7.11 Å². The fourth-order valence-electron chi connectivity index (χ4n) is 0.977. The van der Waals surface area contributed by atoms with Crippen LogP contribution < -0.4 is 0 Å². The molecule has 1 heterocycles. The molecular weight excluding hydrogens is 217 g/mol. The van der Waals surface area contributed by atoms with E-state index in [0.717, 1.165) is 0 Å². The van der Waals surface area contributed by atoms with Crippen LogP contribution in [0.25, 0.3) is 11.0 Å². The van der Waals surface area contributed by atoms with Crippen LogP contribution in [0.4, 0.5) is 0 Å². The monoisotopic (exact) mass is 224 g/mol. The first-order valence-corrected chi connectivity index (χ1v) is 4.82. The average molecular weight is 224 g/mol. The Morgan fingerprint density at radius 3 is 3.00 bits per heavy atom. The Bertz CT molecular complexity index is 454. The number of nitrogens with zero attached hydrogens (tertiary/aromatic N) is 3. The van der Waals surface area contributed by atoms with Gasteiger partial charge in [-0.15, -0.1) is 0 Å². The van der Waals surface area contributed by atoms with E-state index >= 15 is 0 Å². The molecule has 0 N–H and O–H groups in total. The Balaban J connectivity index is 2.64. The number of para-hydroxylation sites is 1. The molecule has 0 saturated heterocycles. The zero-order chi connectivity index (χ0) is 9.26. The molecule has 0 unspecified atom stereocenters. The first kappa shape index (κ1) is 8.48. The van der Waals surface area contributed by atoms with Crippen molar-refractivity contribution in [3.8, 4) is 0 Å². The second kappa shape index (κ2) is 3.33. The van der Waals surface area contributed by atoms with E-state index < -0.39 is 14.1 Å². The summed E-state index contributed by atoms with van der Waals surface area (Å²) < 4.78 is 17.2. The van der Waals surface area contributed by atoms with Gasteiger partial charge in [-0.3, -0.25) is 0 Å². The molecule has 0 spiro atoms. The summed E-state index contributed by atoms with van der Waals surface area (Å²) in [5.74, 6) is 0. The van der Waals surface area contributed by atoms with Gasteiger partial charge in [-0.25, -0.2) is 0 Å². The van der Waals surface area contributed by atoms with Gasteiger partial charge in [-0.2, -0.15) is 0 Å². The van der Waals surface area contributed by atoms with Crippen LogP contribution in [0.1, 0.15) is 0 Å². The van der Waals surface area contributed by atoms with Crippen LogP contribution in [0.5, 0.6) is 0 Å². The van der Waals surface area contributed by atoms with E-state index in [-0.39, 0.29) is 0 Å². The predicted molar refractivity (Wildman–Crippen MR) is 40.6 cm³/mol. The summed E-state index contributed by atoms with van der Waals surface area (Å²) in [6.45, 7) is 0. The zero-order valence-electron chi connectivity index (χ0n) is 6.80. The number of rotatable bonds is 2. The van der Waals surface area contributed by atoms with Crippen molar-refractivity contribution in [2.45, 2.75) is 0 Å². The molecule has 0 fully saturated rings. The van der Waals surface area contributed by atoms with Crippen molar-refractivity contribution >= 4 is 11.0 Å². The SMILES string of the molecule is C[O][Co](=[O])[n]1nnc2ccccc21. The van der Waals surface area contributed by atoms with Gasteiger partial charge >= 0.3 is 78.3 Å². The number of benzene rings is 1. The molecule has 0 atom stereocenters. The number of hydrogen-bond acceptors (Lipinski definition) is 4. The Kier molecular flexibility index (Phi) is 2.17. The van der Waals surface area contributed by atoms with E-state index in [0.29, 0.717) is 11.0 Å². The predicted octanol–water partition coefficient (Wildman–Crippen LogP) is 0.719. The van der Waals surface area contributed by atoms with Crippen LogP contribution in [0.3, 0.4) is 0 Å². The second-order valence-electron chi connectivity index (χ2n) is 2.23. The van der Waals surface area contributed by atoms with Crippen molar-refractivity contribution in [1.82, 2.24) is 14.0 Å². The molecular formula is C7H7CoN3O2. The summed E-state index contributed by atoms with van der Waals surface area (Å²) >= 11 is -1.92. The van der Waals surface area contributed by atoms with Gasteiger partial charge in [0.2, 0.25) is 0 Å². The van der Waals surface area contributed by atoms with Gasteiger partial charge in [0, 0.05) is 0 Å². The molecule has 0 radical (unpaired) electrons. The Morgan fingerprint density at radius 2 is 2.23 bits per heavy atom. The fraction of sp³-hybridized carbons (Fsp3) is 0.143. The van der Waals surface area contributed by atoms with Gasteiger partial charge in [0.1, 0.15) is 0 Å². The molecule has 0 saturated carbocycles. The van der Waals surface area contributed by atoms with Crippen molar-refractivity contribution < 1.29 is 21.8 Å². The third-order valence-corrected chi connectivity index (χ3v) is 2.60. The van der Waals surface area contributed by atoms with Crippen LogP contribution in [0.2, 0.25) is 0 Å². The molecule has 1 aromatic carbocycles. The van der Waals surface area contributed by atoms with E-state index in [2.05, 4.69) is 14.2 Å². The third-order valence-electron chi connectivity index (χ3n) is 1.53. The first-order chi connectivity index (χ1) is 6.33. The standard InChI is InChI=1S/C6H4N3.CH3O.Co.O/c1-2-4-6-5(3-1)7-9-8-6;1-2;;/h1-4H;1H3;;/q2*-1;+2;. The van der Waals surface area contributed by atoms with E-state index in [9.17, 15) is 3.87 Å². The maximum absolute atomic E-state index is 11.3. The zero-order valence-corrected chi connectivity index (χ0v) is 7.84. The molecule has 71 valence electrons. The summed E-state index contributed by atoms with van der Waals surface area (Å²) in [5.41, 5.74) is 1.42. The number of aromatic nitrogens is 3. The van der Waals surface area contributed by atoms with Gasteiger partial charge in [-0.05, 0) is 0 Å². The van der Waals surface area contributed by atoms with Gasteiger partial charge in [0.05, 0.1) is 0 Å². The van der Waals surface area contributed by atoms with Gasteiger partial charge < -0.3 is 0 Å². The molecule has 0 aliphatic heterocycles. The Morgan fingerprint density at radius 1 is 1.46 bits per heavy atom. The summed E-state index contributed by atoms with van der Waals surface area (Å²) in [4.78, 5) is 0. The molecule has 0 aliphatic rings. The van der Waals surface area contributed by atoms with E-state index in [1.807, 2.05) is 12.1 Å². The van der Waals surface area contributed by atoms with Gasteiger partial charge in [-0.1, -0.05) is 0 Å². The van der Waals surface area contributed by atoms with Crippen LogP contribution in [-0.4, -0.2) is 21.2 Å². The second-order valence-corrected chi connectivity index (χ2v) is 3.65. The van der Waals surface area contributed by atoms with Crippen molar-refractivity contribution in [1.29, 1.82) is 0 Å². The molecule has 0 aliphatic carbocycles. The summed E-state index contributed by atoms with van der Waals surface area (Å²) in [5, 5.41) is 7.56. The van der Waals surface area contributed by atoms with Crippen molar-refractivity contribution in [3.63, 3.8) is 0 Å². The third kappa shape index (κ3) is 1.39. The quantitative estimate of drug-likeness (QED) is 0.754. The number of fused-ring (bicyclic) bond motifs is 1. The normalized spacial score (nSPS) is 11.9. The summed E-state index contributed by atoms with van der Waals surface area (Å²) in [6.07, 6.45) is 0. The van der Waals surface area contributed by atoms with Crippen molar-refractivity contribution in [3.05, 3.63) is 24.3 Å². The minimum absolute atomic E-state index is 0.710. The van der Waals surface area contributed by atoms with Gasteiger partial charge in [0.15, 0.2) is 0 Å². The van der Waals surface area contributed by atoms with Crippen LogP contribution >= 0.6 is 0 Å². The first-order valence-electron chi connectivity index (χ1n) is 3.50. The molecule has 13 heavy (non-hydrogen) atoms. The average Bonchev–Trinajstić information content (AvgIpc) is 2.60. The molecule has 2 aromatic rings. The molecule has 0 bridgehead atoms. The molecule has 5 nitrogen and oxygen atoms in total. The van der Waals surface area contributed by atoms with Crippen molar-refractivity contribution in [2.24, 2.45) is 0 Å². The number of hydrogen-bond donors (Lipinski definition) is 0. The molecule has 0 amide bonds. The van der Waals surface area contributed by atoms with E-state index in [4.69, 9.17) is 0 Å². The topological polar surface area (TPSA) is 57.0 Å². The Labute approximate surface area is 78.8 Å². The van der Waals surface area contributed by atoms with E-state index in [1.54, 1.807) is 12.1 Å². The Hall–Kier alpha value is -1.11. The minimum atomic E-state index is -1.92. The van der Waals surface area contributed by atoms with Crippen LogP contribution in [0.15, 0.2) is 24.3 Å². The van der Waals surface area contributed by atoms with E-state index in [1.165, 1.54) is 10.8 Å². The summed E-state index contributed by atoms with van der Waals surface area (Å²) in [7, 11) is 1.37. The molecule has 6 heteroatoms. The summed E-state index contributed by atoms with van der Waals surface area (Å²) in [6, 6.07) is 7.28. The van der Waals surface area contributed by atoms with Crippen LogP contribution in [0, 0.1) is 0 Å². The maximum atomic E-state index is 11.3.